The van der Waals surface area contributed by atoms with Crippen LogP contribution >= 0.6 is 0 Å². The minimum Gasteiger partial charge on any atom is -0.462 e. The lowest BCUT2D eigenvalue weighted by Crippen LogP contribution is -2.66. The maximum absolute atomic E-state index is 13.4. The van der Waals surface area contributed by atoms with Gasteiger partial charge in [-0.1, -0.05) is 27.7 Å². The molecule has 8 heteroatoms. The van der Waals surface area contributed by atoms with Crippen molar-refractivity contribution in [3.8, 4) is 0 Å². The second-order valence-corrected chi connectivity index (χ2v) is 16.9. The molecule has 0 aromatic carbocycles. The smallest absolute Gasteiger partial charge is 0.302 e. The van der Waals surface area contributed by atoms with Crippen LogP contribution in [0.5, 0.6) is 0 Å². The summed E-state index contributed by atoms with van der Waals surface area (Å²) in [4.78, 5) is 38.6. The highest BCUT2D eigenvalue weighted by molar-refractivity contribution is 5.86. The van der Waals surface area contributed by atoms with Gasteiger partial charge in [-0.3, -0.25) is 14.4 Å². The number of hydrogen-bond acceptors (Lipinski definition) is 8. The number of Topliss-reactive ketones (excluding diaryl/α,β-unsaturated/α-hetero) is 1. The van der Waals surface area contributed by atoms with E-state index in [1.54, 1.807) is 13.8 Å². The number of carbonyl (C=O) groups is 3. The molecule has 1 aliphatic heterocycles. The lowest BCUT2D eigenvalue weighted by molar-refractivity contribution is -0.238. The van der Waals surface area contributed by atoms with Crippen LogP contribution in [0.2, 0.25) is 0 Å². The number of fused-ring (bicyclic) bond motifs is 2. The number of aliphatic hydroxyl groups is 2. The van der Waals surface area contributed by atoms with Crippen molar-refractivity contribution < 1.29 is 38.8 Å². The summed E-state index contributed by atoms with van der Waals surface area (Å²) in [5.74, 6) is -0.813. The van der Waals surface area contributed by atoms with Crippen molar-refractivity contribution in [3.63, 3.8) is 0 Å². The van der Waals surface area contributed by atoms with E-state index in [0.29, 0.717) is 38.5 Å². The Balaban J connectivity index is 1.48. The summed E-state index contributed by atoms with van der Waals surface area (Å²) in [5, 5.41) is 22.8. The van der Waals surface area contributed by atoms with Crippen molar-refractivity contribution in [2.45, 2.75) is 149 Å². The minimum atomic E-state index is -0.996. The first-order valence-corrected chi connectivity index (χ1v) is 16.2. The van der Waals surface area contributed by atoms with Gasteiger partial charge in [0.2, 0.25) is 0 Å². The molecule has 236 valence electrons. The summed E-state index contributed by atoms with van der Waals surface area (Å²) in [7, 11) is 0. The SMILES string of the molecule is CC(=O)O[C@H]1CC2[C@]3(C)C[C@H](O)[C@H]([C@]4(C)CC[C@H](C(C)(C)O)O4)[C@@]3(C)C[C@@H](OC(C)=O)[C@]23C[C@@]32CCC(=O)C(C)(C)C12. The van der Waals surface area contributed by atoms with E-state index < -0.39 is 34.2 Å². The third-order valence-corrected chi connectivity index (χ3v) is 14.1. The van der Waals surface area contributed by atoms with Crippen LogP contribution in [-0.4, -0.2) is 63.6 Å². The molecule has 12 atom stereocenters. The van der Waals surface area contributed by atoms with E-state index in [4.69, 9.17) is 14.2 Å². The quantitative estimate of drug-likeness (QED) is 0.452. The molecule has 6 rings (SSSR count). The van der Waals surface area contributed by atoms with Crippen molar-refractivity contribution >= 4 is 17.7 Å². The number of aliphatic hydroxyl groups excluding tert-OH is 1. The van der Waals surface area contributed by atoms with Gasteiger partial charge in [-0.05, 0) is 87.9 Å². The number of esters is 2. The number of ether oxygens (including phenoxy) is 3. The van der Waals surface area contributed by atoms with Crippen molar-refractivity contribution in [1.82, 2.24) is 0 Å². The zero-order valence-electron chi connectivity index (χ0n) is 27.0. The minimum absolute atomic E-state index is 0.0208. The third-order valence-electron chi connectivity index (χ3n) is 14.1. The molecule has 5 saturated carbocycles. The van der Waals surface area contributed by atoms with E-state index in [1.807, 2.05) is 13.8 Å². The molecule has 5 aliphatic carbocycles. The van der Waals surface area contributed by atoms with Crippen LogP contribution in [0.3, 0.4) is 0 Å². The highest BCUT2D eigenvalue weighted by Crippen LogP contribution is 2.89. The third kappa shape index (κ3) is 3.67. The molecular weight excluding hydrogens is 536 g/mol. The predicted octanol–water partition coefficient (Wildman–Crippen LogP) is 4.76. The maximum atomic E-state index is 13.4. The molecular formula is C34H52O8. The average molecular weight is 589 g/mol. The molecule has 0 radical (unpaired) electrons. The van der Waals surface area contributed by atoms with Gasteiger partial charge < -0.3 is 24.4 Å². The van der Waals surface area contributed by atoms with Crippen LogP contribution in [-0.2, 0) is 28.6 Å². The molecule has 1 heterocycles. The highest BCUT2D eigenvalue weighted by atomic mass is 16.6. The van der Waals surface area contributed by atoms with Crippen LogP contribution in [0.1, 0.15) is 114 Å². The molecule has 2 spiro atoms. The van der Waals surface area contributed by atoms with Crippen molar-refractivity contribution in [1.29, 1.82) is 0 Å². The number of ketones is 1. The lowest BCUT2D eigenvalue weighted by Gasteiger charge is -2.65. The zero-order chi connectivity index (χ0) is 31.1. The Morgan fingerprint density at radius 2 is 1.60 bits per heavy atom. The van der Waals surface area contributed by atoms with Gasteiger partial charge in [0.1, 0.15) is 18.0 Å². The standard InChI is InChI=1S/C34H52O8/c1-18(35)40-21-14-22-30(7)15-20(37)26(32(9)12-11-24(42-32)29(5,6)39)31(30,8)16-25(41-19(2)36)34(22)17-33(34)13-10-23(38)28(3,4)27(21)33/h20-22,24-27,37,39H,10-17H2,1-9H3/t20-,21-,22?,24+,25+,26-,27?,30-,31+,32-,33+,34-/m0/s1. The Labute approximate surface area is 250 Å². The van der Waals surface area contributed by atoms with Gasteiger partial charge in [0, 0.05) is 42.9 Å². The van der Waals surface area contributed by atoms with Crippen molar-refractivity contribution in [2.75, 3.05) is 0 Å². The van der Waals surface area contributed by atoms with Crippen LogP contribution in [0.25, 0.3) is 0 Å². The Kier molecular flexibility index (Phi) is 6.40. The molecule has 0 bridgehead atoms. The summed E-state index contributed by atoms with van der Waals surface area (Å²) in [6.07, 6.45) is 3.45. The normalized spacial score (nSPS) is 52.5. The van der Waals surface area contributed by atoms with Gasteiger partial charge in [-0.15, -0.1) is 0 Å². The molecule has 42 heavy (non-hydrogen) atoms. The molecule has 6 aliphatic rings. The Bertz CT molecular complexity index is 1200. The van der Waals surface area contributed by atoms with Crippen molar-refractivity contribution in [2.24, 2.45) is 44.8 Å². The summed E-state index contributed by atoms with van der Waals surface area (Å²) < 4.78 is 19.2. The van der Waals surface area contributed by atoms with E-state index in [1.165, 1.54) is 13.8 Å². The van der Waals surface area contributed by atoms with Crippen LogP contribution in [0.15, 0.2) is 0 Å². The van der Waals surface area contributed by atoms with E-state index in [2.05, 4.69) is 20.8 Å². The number of hydrogen-bond donors (Lipinski definition) is 2. The Morgan fingerprint density at radius 1 is 0.952 bits per heavy atom. The predicted molar refractivity (Wildman–Crippen MR) is 154 cm³/mol. The lowest BCUT2D eigenvalue weighted by atomic mass is 9.40. The summed E-state index contributed by atoms with van der Waals surface area (Å²) >= 11 is 0. The van der Waals surface area contributed by atoms with E-state index >= 15 is 0 Å². The summed E-state index contributed by atoms with van der Waals surface area (Å²) in [6.45, 7) is 17.1. The van der Waals surface area contributed by atoms with Crippen LogP contribution < -0.4 is 0 Å². The maximum Gasteiger partial charge on any atom is 0.302 e. The van der Waals surface area contributed by atoms with Gasteiger partial charge in [-0.25, -0.2) is 0 Å². The highest BCUT2D eigenvalue weighted by Gasteiger charge is 2.88. The topological polar surface area (TPSA) is 119 Å². The first-order chi connectivity index (χ1) is 19.2. The van der Waals surface area contributed by atoms with Crippen molar-refractivity contribution in [3.05, 3.63) is 0 Å². The van der Waals surface area contributed by atoms with Crippen LogP contribution in [0.4, 0.5) is 0 Å². The Hall–Kier alpha value is -1.51. The second-order valence-electron chi connectivity index (χ2n) is 16.9. The fourth-order valence-corrected chi connectivity index (χ4v) is 12.6. The number of carbonyl (C=O) groups excluding carboxylic acids is 3. The molecule has 8 nitrogen and oxygen atoms in total. The van der Waals surface area contributed by atoms with E-state index in [-0.39, 0.29) is 63.9 Å². The fraction of sp³-hybridized carbons (Fsp3) is 0.912. The molecule has 6 fully saturated rings. The first-order valence-electron chi connectivity index (χ1n) is 16.2. The summed E-state index contributed by atoms with van der Waals surface area (Å²) in [6, 6.07) is 0. The molecule has 0 amide bonds. The number of rotatable bonds is 4. The molecule has 2 unspecified atom stereocenters. The van der Waals surface area contributed by atoms with Gasteiger partial charge in [-0.2, -0.15) is 0 Å². The largest absolute Gasteiger partial charge is 0.462 e. The first kappa shape index (κ1) is 30.5. The molecule has 1 saturated heterocycles. The van der Waals surface area contributed by atoms with E-state index in [0.717, 1.165) is 12.8 Å². The van der Waals surface area contributed by atoms with Gasteiger partial charge in [0.25, 0.3) is 0 Å². The fourth-order valence-electron chi connectivity index (χ4n) is 12.6. The van der Waals surface area contributed by atoms with E-state index in [9.17, 15) is 24.6 Å². The molecule has 0 aromatic heterocycles. The van der Waals surface area contributed by atoms with Crippen LogP contribution in [0, 0.1) is 44.8 Å². The van der Waals surface area contributed by atoms with Gasteiger partial charge in [0.05, 0.1) is 23.4 Å². The summed E-state index contributed by atoms with van der Waals surface area (Å²) in [5.41, 5.74) is -3.74. The molecule has 0 aromatic rings. The van der Waals surface area contributed by atoms with Gasteiger partial charge in [0.15, 0.2) is 0 Å². The molecule has 2 N–H and O–H groups in total. The van der Waals surface area contributed by atoms with Gasteiger partial charge >= 0.3 is 11.9 Å². The Morgan fingerprint density at radius 3 is 2.17 bits per heavy atom. The monoisotopic (exact) mass is 588 g/mol. The average Bonchev–Trinajstić information content (AvgIpc) is 3.24. The zero-order valence-corrected chi connectivity index (χ0v) is 27.0. The second kappa shape index (κ2) is 8.81.